The zero-order chi connectivity index (χ0) is 23.4. The van der Waals surface area contributed by atoms with E-state index in [1.165, 1.54) is 11.1 Å². The van der Waals surface area contributed by atoms with Crippen molar-refractivity contribution in [3.63, 3.8) is 0 Å². The standard InChI is InChI=1S/C29H29N3O2/c1-17-8-10-18(11-9-17)20-15-30-32-27(20)19-12-13-23-21(14-19)29(2,3)22-16-34-25-7-5-6-24(33-4)26(25)28(22)31-23/h5-15,22,28,31H,16H2,1-4H3,(H,30,32)/t22-,28-/m0/s1. The fraction of sp³-hybridized carbons (Fsp3) is 0.276. The fourth-order valence-corrected chi connectivity index (χ4v) is 5.59. The molecular formula is C29H29N3O2. The Morgan fingerprint density at radius 2 is 1.82 bits per heavy atom. The van der Waals surface area contributed by atoms with Crippen LogP contribution in [0.15, 0.2) is 66.9 Å². The van der Waals surface area contributed by atoms with Gasteiger partial charge in [-0.15, -0.1) is 0 Å². The lowest BCUT2D eigenvalue weighted by Crippen LogP contribution is -2.46. The van der Waals surface area contributed by atoms with Crippen LogP contribution in [0.1, 0.15) is 36.6 Å². The summed E-state index contributed by atoms with van der Waals surface area (Å²) in [4.78, 5) is 0. The minimum atomic E-state index is -0.111. The summed E-state index contributed by atoms with van der Waals surface area (Å²) < 4.78 is 12.0. The Morgan fingerprint density at radius 3 is 2.62 bits per heavy atom. The Balaban J connectivity index is 1.43. The van der Waals surface area contributed by atoms with E-state index in [2.05, 4.69) is 78.7 Å². The third-order valence-corrected chi connectivity index (χ3v) is 7.61. The molecule has 0 bridgehead atoms. The monoisotopic (exact) mass is 451 g/mol. The zero-order valence-corrected chi connectivity index (χ0v) is 20.0. The van der Waals surface area contributed by atoms with Crippen molar-refractivity contribution in [2.24, 2.45) is 5.92 Å². The minimum absolute atomic E-state index is 0.111. The molecular weight excluding hydrogens is 422 g/mol. The molecule has 0 saturated heterocycles. The molecule has 3 heterocycles. The minimum Gasteiger partial charge on any atom is -0.496 e. The zero-order valence-electron chi connectivity index (χ0n) is 20.0. The number of nitrogens with one attached hydrogen (secondary N) is 2. The van der Waals surface area contributed by atoms with Crippen molar-refractivity contribution >= 4 is 5.69 Å². The first-order chi connectivity index (χ1) is 16.5. The average Bonchev–Trinajstić information content (AvgIpc) is 3.34. The molecule has 2 atom stereocenters. The SMILES string of the molecule is COc1cccc2c1[C@H]1Nc3ccc(-c4n[nH]cc4-c4ccc(C)cc4)cc3C(C)(C)[C@H]1CO2. The van der Waals surface area contributed by atoms with Gasteiger partial charge in [0, 0.05) is 34.3 Å². The van der Waals surface area contributed by atoms with Gasteiger partial charge in [0.1, 0.15) is 11.5 Å². The highest BCUT2D eigenvalue weighted by atomic mass is 16.5. The van der Waals surface area contributed by atoms with Gasteiger partial charge in [-0.1, -0.05) is 55.8 Å². The van der Waals surface area contributed by atoms with Gasteiger partial charge in [0.2, 0.25) is 0 Å². The van der Waals surface area contributed by atoms with Gasteiger partial charge < -0.3 is 14.8 Å². The molecule has 34 heavy (non-hydrogen) atoms. The maximum absolute atomic E-state index is 6.24. The maximum atomic E-state index is 6.24. The first kappa shape index (κ1) is 20.8. The summed E-state index contributed by atoms with van der Waals surface area (Å²) in [7, 11) is 1.73. The molecule has 2 N–H and O–H groups in total. The number of H-pyrrole nitrogens is 1. The lowest BCUT2D eigenvalue weighted by atomic mass is 9.65. The summed E-state index contributed by atoms with van der Waals surface area (Å²) in [6.45, 7) is 7.41. The smallest absolute Gasteiger partial charge is 0.128 e. The predicted octanol–water partition coefficient (Wildman–Crippen LogP) is 6.51. The van der Waals surface area contributed by atoms with E-state index < -0.39 is 0 Å². The van der Waals surface area contributed by atoms with Crippen molar-refractivity contribution in [3.05, 3.63) is 83.6 Å². The molecule has 0 fully saturated rings. The Labute approximate surface area is 200 Å². The highest BCUT2D eigenvalue weighted by Gasteiger charge is 2.47. The molecule has 2 aliphatic rings. The third-order valence-electron chi connectivity index (χ3n) is 7.61. The second-order valence-electron chi connectivity index (χ2n) is 9.91. The van der Waals surface area contributed by atoms with Crippen molar-refractivity contribution < 1.29 is 9.47 Å². The van der Waals surface area contributed by atoms with Crippen LogP contribution in [0.5, 0.6) is 11.5 Å². The summed E-state index contributed by atoms with van der Waals surface area (Å²) in [6.07, 6.45) is 1.98. The summed E-state index contributed by atoms with van der Waals surface area (Å²) in [5.74, 6) is 2.04. The lowest BCUT2D eigenvalue weighted by Gasteiger charge is -2.48. The van der Waals surface area contributed by atoms with E-state index >= 15 is 0 Å². The van der Waals surface area contributed by atoms with Crippen LogP contribution < -0.4 is 14.8 Å². The number of ether oxygens (including phenoxy) is 2. The Bertz CT molecular complexity index is 1360. The van der Waals surface area contributed by atoms with E-state index in [-0.39, 0.29) is 17.4 Å². The van der Waals surface area contributed by atoms with E-state index in [0.29, 0.717) is 6.61 Å². The molecule has 0 saturated carbocycles. The number of aromatic amines is 1. The first-order valence-electron chi connectivity index (χ1n) is 11.8. The third kappa shape index (κ3) is 3.11. The molecule has 172 valence electrons. The molecule has 1 aromatic heterocycles. The Hall–Kier alpha value is -3.73. The van der Waals surface area contributed by atoms with Gasteiger partial charge in [0.05, 0.1) is 31.0 Å². The molecule has 0 aliphatic carbocycles. The van der Waals surface area contributed by atoms with Crippen LogP contribution in [-0.2, 0) is 5.41 Å². The van der Waals surface area contributed by atoms with E-state index in [4.69, 9.17) is 9.47 Å². The van der Waals surface area contributed by atoms with Gasteiger partial charge in [-0.3, -0.25) is 5.10 Å². The van der Waals surface area contributed by atoms with E-state index in [1.54, 1.807) is 7.11 Å². The van der Waals surface area contributed by atoms with Crippen molar-refractivity contribution in [2.45, 2.75) is 32.2 Å². The highest BCUT2D eigenvalue weighted by molar-refractivity contribution is 5.82. The molecule has 2 aliphatic heterocycles. The van der Waals surface area contributed by atoms with Crippen molar-refractivity contribution in [2.75, 3.05) is 19.0 Å². The molecule has 4 aromatic rings. The molecule has 6 rings (SSSR count). The number of aryl methyl sites for hydroxylation is 1. The molecule has 5 nitrogen and oxygen atoms in total. The number of hydrogen-bond acceptors (Lipinski definition) is 4. The number of rotatable bonds is 3. The van der Waals surface area contributed by atoms with Crippen LogP contribution in [0, 0.1) is 12.8 Å². The first-order valence-corrected chi connectivity index (χ1v) is 11.8. The molecule has 0 amide bonds. The highest BCUT2D eigenvalue weighted by Crippen LogP contribution is 2.54. The predicted molar refractivity (Wildman–Crippen MR) is 136 cm³/mol. The van der Waals surface area contributed by atoms with Gasteiger partial charge in [-0.2, -0.15) is 5.10 Å². The van der Waals surface area contributed by atoms with Crippen molar-refractivity contribution in [3.8, 4) is 33.9 Å². The molecule has 0 spiro atoms. The van der Waals surface area contributed by atoms with Crippen LogP contribution in [0.2, 0.25) is 0 Å². The van der Waals surface area contributed by atoms with Crippen LogP contribution in [0.25, 0.3) is 22.4 Å². The van der Waals surface area contributed by atoms with Crippen LogP contribution in [-0.4, -0.2) is 23.9 Å². The van der Waals surface area contributed by atoms with E-state index in [1.807, 2.05) is 24.4 Å². The number of nitrogens with zero attached hydrogens (tertiary/aromatic N) is 1. The summed E-state index contributed by atoms with van der Waals surface area (Å²) >= 11 is 0. The van der Waals surface area contributed by atoms with Crippen molar-refractivity contribution in [1.29, 1.82) is 0 Å². The Morgan fingerprint density at radius 1 is 1.03 bits per heavy atom. The maximum Gasteiger partial charge on any atom is 0.128 e. The topological polar surface area (TPSA) is 59.2 Å². The van der Waals surface area contributed by atoms with E-state index in [0.717, 1.165) is 45.1 Å². The number of hydrogen-bond donors (Lipinski definition) is 2. The number of fused-ring (bicyclic) bond motifs is 4. The number of aromatic nitrogens is 2. The summed E-state index contributed by atoms with van der Waals surface area (Å²) in [5, 5.41) is 11.5. The molecule has 3 aromatic carbocycles. The fourth-order valence-electron chi connectivity index (χ4n) is 5.59. The van der Waals surface area contributed by atoms with Crippen molar-refractivity contribution in [1.82, 2.24) is 10.2 Å². The normalized spacial score (nSPS) is 19.8. The van der Waals surface area contributed by atoms with Crippen LogP contribution >= 0.6 is 0 Å². The van der Waals surface area contributed by atoms with Crippen LogP contribution in [0.3, 0.4) is 0 Å². The lowest BCUT2D eigenvalue weighted by molar-refractivity contribution is 0.133. The van der Waals surface area contributed by atoms with Crippen LogP contribution in [0.4, 0.5) is 5.69 Å². The molecule has 0 unspecified atom stereocenters. The van der Waals surface area contributed by atoms with Gasteiger partial charge in [-0.25, -0.2) is 0 Å². The van der Waals surface area contributed by atoms with Gasteiger partial charge in [0.15, 0.2) is 0 Å². The average molecular weight is 452 g/mol. The number of benzene rings is 3. The largest absolute Gasteiger partial charge is 0.496 e. The van der Waals surface area contributed by atoms with Gasteiger partial charge >= 0.3 is 0 Å². The quantitative estimate of drug-likeness (QED) is 0.373. The van der Waals surface area contributed by atoms with Gasteiger partial charge in [-0.05, 0) is 42.3 Å². The molecule has 0 radical (unpaired) electrons. The summed E-state index contributed by atoms with van der Waals surface area (Å²) in [5.41, 5.74) is 9.03. The second kappa shape index (κ2) is 7.66. The van der Waals surface area contributed by atoms with E-state index in [9.17, 15) is 0 Å². The molecule has 5 heteroatoms. The second-order valence-corrected chi connectivity index (χ2v) is 9.91. The van der Waals surface area contributed by atoms with Gasteiger partial charge in [0.25, 0.3) is 0 Å². The number of anilines is 1. The summed E-state index contributed by atoms with van der Waals surface area (Å²) in [6, 6.07) is 21.4. The number of methoxy groups -OCH3 is 1. The Kier molecular flexibility index (Phi) is 4.70.